The molecule has 0 unspecified atom stereocenters. The number of nitrogens with one attached hydrogen (secondary N) is 1. The largest absolute Gasteiger partial charge is 0.354 e. The minimum Gasteiger partial charge on any atom is -0.354 e. The zero-order chi connectivity index (χ0) is 23.1. The fourth-order valence-electron chi connectivity index (χ4n) is 2.99. The summed E-state index contributed by atoms with van der Waals surface area (Å²) in [4.78, 5) is 15.3. The molecule has 0 saturated carbocycles. The maximum absolute atomic E-state index is 15.0. The SMILES string of the molecule is CC(C)(C)C#Cc1c(F)cc2[nH]c(-c3cc(C#N)ccc3S(C)(=O)=O)cc(=O)c2c1F. The molecule has 2 aromatic carbocycles. The van der Waals surface area contributed by atoms with Crippen molar-refractivity contribution in [1.29, 1.82) is 5.26 Å². The molecule has 0 saturated heterocycles. The highest BCUT2D eigenvalue weighted by atomic mass is 32.2. The van der Waals surface area contributed by atoms with Gasteiger partial charge in [-0.05, 0) is 45.0 Å². The molecule has 0 aliphatic carbocycles. The Hall–Kier alpha value is -3.49. The second-order valence-electron chi connectivity index (χ2n) is 8.11. The number of halogens is 2. The summed E-state index contributed by atoms with van der Waals surface area (Å²) < 4.78 is 53.9. The van der Waals surface area contributed by atoms with E-state index in [-0.39, 0.29) is 32.6 Å². The molecular weight excluding hydrogens is 422 g/mol. The van der Waals surface area contributed by atoms with Crippen LogP contribution >= 0.6 is 0 Å². The van der Waals surface area contributed by atoms with Crippen molar-refractivity contribution < 1.29 is 17.2 Å². The number of aromatic nitrogens is 1. The van der Waals surface area contributed by atoms with E-state index in [0.717, 1.165) is 18.4 Å². The second-order valence-corrected chi connectivity index (χ2v) is 10.1. The minimum absolute atomic E-state index is 0.0161. The topological polar surface area (TPSA) is 90.8 Å². The van der Waals surface area contributed by atoms with Gasteiger partial charge in [-0.1, -0.05) is 11.8 Å². The zero-order valence-electron chi connectivity index (χ0n) is 17.2. The first-order valence-corrected chi connectivity index (χ1v) is 11.0. The predicted molar refractivity (Wildman–Crippen MR) is 114 cm³/mol. The Morgan fingerprint density at radius 3 is 2.35 bits per heavy atom. The Bertz CT molecular complexity index is 1500. The van der Waals surface area contributed by atoms with Crippen LogP contribution in [0.1, 0.15) is 31.9 Å². The van der Waals surface area contributed by atoms with Crippen LogP contribution in [0.25, 0.3) is 22.2 Å². The van der Waals surface area contributed by atoms with Gasteiger partial charge < -0.3 is 4.98 Å². The van der Waals surface area contributed by atoms with E-state index in [2.05, 4.69) is 16.8 Å². The van der Waals surface area contributed by atoms with Crippen molar-refractivity contribution in [1.82, 2.24) is 4.98 Å². The third kappa shape index (κ3) is 4.50. The van der Waals surface area contributed by atoms with Crippen LogP contribution in [-0.4, -0.2) is 19.7 Å². The Kier molecular flexibility index (Phi) is 5.47. The van der Waals surface area contributed by atoms with Crippen molar-refractivity contribution in [3.05, 3.63) is 63.3 Å². The minimum atomic E-state index is -3.72. The lowest BCUT2D eigenvalue weighted by Crippen LogP contribution is -2.09. The van der Waals surface area contributed by atoms with E-state index in [4.69, 9.17) is 5.26 Å². The van der Waals surface area contributed by atoms with Gasteiger partial charge in [-0.2, -0.15) is 5.26 Å². The molecule has 0 amide bonds. The molecule has 0 aliphatic heterocycles. The Morgan fingerprint density at radius 1 is 1.10 bits per heavy atom. The second kappa shape index (κ2) is 7.64. The van der Waals surface area contributed by atoms with Gasteiger partial charge in [0, 0.05) is 23.3 Å². The van der Waals surface area contributed by atoms with E-state index in [9.17, 15) is 22.0 Å². The lowest BCUT2D eigenvalue weighted by atomic mass is 9.97. The van der Waals surface area contributed by atoms with Crippen molar-refractivity contribution >= 4 is 20.7 Å². The van der Waals surface area contributed by atoms with Crippen molar-refractivity contribution in [3.8, 4) is 29.2 Å². The first kappa shape index (κ1) is 22.2. The lowest BCUT2D eigenvalue weighted by molar-refractivity contribution is 0.568. The average Bonchev–Trinajstić information content (AvgIpc) is 2.65. The van der Waals surface area contributed by atoms with E-state index in [1.165, 1.54) is 18.2 Å². The molecule has 3 rings (SSSR count). The number of nitrogens with zero attached hydrogens (tertiary/aromatic N) is 1. The third-order valence-electron chi connectivity index (χ3n) is 4.37. The molecule has 8 heteroatoms. The highest BCUT2D eigenvalue weighted by Crippen LogP contribution is 2.29. The summed E-state index contributed by atoms with van der Waals surface area (Å²) in [5.41, 5.74) is -1.71. The van der Waals surface area contributed by atoms with E-state index in [0.29, 0.717) is 0 Å². The van der Waals surface area contributed by atoms with Crippen LogP contribution in [-0.2, 0) is 9.84 Å². The maximum atomic E-state index is 15.0. The Balaban J connectivity index is 2.35. The summed E-state index contributed by atoms with van der Waals surface area (Å²) in [5.74, 6) is 3.16. The molecule has 1 aromatic heterocycles. The summed E-state index contributed by atoms with van der Waals surface area (Å²) in [7, 11) is -3.72. The van der Waals surface area contributed by atoms with Crippen molar-refractivity contribution in [2.75, 3.05) is 6.26 Å². The van der Waals surface area contributed by atoms with Crippen LogP contribution in [0.4, 0.5) is 8.78 Å². The number of rotatable bonds is 2. The quantitative estimate of drug-likeness (QED) is 0.606. The first-order chi connectivity index (χ1) is 14.3. The van der Waals surface area contributed by atoms with E-state index >= 15 is 0 Å². The number of aromatic amines is 1. The maximum Gasteiger partial charge on any atom is 0.193 e. The molecule has 5 nitrogen and oxygen atoms in total. The number of fused-ring (bicyclic) bond motifs is 1. The molecule has 3 aromatic rings. The van der Waals surface area contributed by atoms with Crippen LogP contribution in [0.3, 0.4) is 0 Å². The van der Waals surface area contributed by atoms with Crippen LogP contribution < -0.4 is 5.43 Å². The van der Waals surface area contributed by atoms with Crippen LogP contribution in [0, 0.1) is 40.2 Å². The lowest BCUT2D eigenvalue weighted by Gasteiger charge is -2.11. The molecule has 0 bridgehead atoms. The smallest absolute Gasteiger partial charge is 0.193 e. The van der Waals surface area contributed by atoms with Crippen molar-refractivity contribution in [2.24, 2.45) is 5.41 Å². The van der Waals surface area contributed by atoms with Gasteiger partial charge in [-0.25, -0.2) is 17.2 Å². The number of benzene rings is 2. The van der Waals surface area contributed by atoms with Gasteiger partial charge in [0.25, 0.3) is 0 Å². The van der Waals surface area contributed by atoms with Gasteiger partial charge in [-0.15, -0.1) is 0 Å². The van der Waals surface area contributed by atoms with E-state index in [1.807, 2.05) is 6.07 Å². The number of nitriles is 1. The summed E-state index contributed by atoms with van der Waals surface area (Å²) >= 11 is 0. The number of sulfone groups is 1. The van der Waals surface area contributed by atoms with Gasteiger partial charge in [0.15, 0.2) is 21.1 Å². The fraction of sp³-hybridized carbons (Fsp3) is 0.217. The summed E-state index contributed by atoms with van der Waals surface area (Å²) in [6.07, 6.45) is 0.983. The number of hydrogen-bond donors (Lipinski definition) is 1. The van der Waals surface area contributed by atoms with Gasteiger partial charge in [0.05, 0.1) is 38.7 Å². The van der Waals surface area contributed by atoms with Gasteiger partial charge in [-0.3, -0.25) is 4.79 Å². The molecule has 31 heavy (non-hydrogen) atoms. The van der Waals surface area contributed by atoms with Crippen LogP contribution in [0.15, 0.2) is 40.0 Å². The predicted octanol–water partition coefficient (Wildman–Crippen LogP) is 4.15. The Morgan fingerprint density at radius 2 is 1.77 bits per heavy atom. The Labute approximate surface area is 178 Å². The fourth-order valence-corrected chi connectivity index (χ4v) is 3.87. The molecule has 0 radical (unpaired) electrons. The van der Waals surface area contributed by atoms with Gasteiger partial charge in [0.2, 0.25) is 0 Å². The standard InChI is InChI=1S/C23H18F2N2O3S/c1-23(2,3)8-7-14-16(24)10-18-21(22(14)25)19(28)11-17(27-18)15-9-13(12-26)5-6-20(15)31(4,29)30/h5-6,9-11H,1-4H3,(H,27,28). The number of pyridine rings is 1. The molecule has 1 N–H and O–H groups in total. The monoisotopic (exact) mass is 440 g/mol. The van der Waals surface area contributed by atoms with Gasteiger partial charge in [0.1, 0.15) is 5.82 Å². The molecule has 0 fully saturated rings. The summed E-state index contributed by atoms with van der Waals surface area (Å²) in [6.45, 7) is 5.35. The summed E-state index contributed by atoms with van der Waals surface area (Å²) in [5, 5.41) is 8.77. The number of hydrogen-bond acceptors (Lipinski definition) is 4. The van der Waals surface area contributed by atoms with Crippen LogP contribution in [0.2, 0.25) is 0 Å². The molecule has 158 valence electrons. The summed E-state index contributed by atoms with van der Waals surface area (Å²) in [6, 6.07) is 7.74. The first-order valence-electron chi connectivity index (χ1n) is 9.14. The molecule has 0 aliphatic rings. The highest BCUT2D eigenvalue weighted by molar-refractivity contribution is 7.90. The third-order valence-corrected chi connectivity index (χ3v) is 5.53. The average molecular weight is 440 g/mol. The molecule has 1 heterocycles. The van der Waals surface area contributed by atoms with Crippen molar-refractivity contribution in [2.45, 2.75) is 25.7 Å². The number of H-pyrrole nitrogens is 1. The van der Waals surface area contributed by atoms with Crippen molar-refractivity contribution in [3.63, 3.8) is 0 Å². The van der Waals surface area contributed by atoms with Gasteiger partial charge >= 0.3 is 0 Å². The normalized spacial score (nSPS) is 11.6. The van der Waals surface area contributed by atoms with E-state index in [1.54, 1.807) is 20.8 Å². The molecule has 0 atom stereocenters. The van der Waals surface area contributed by atoms with Crippen LogP contribution in [0.5, 0.6) is 0 Å². The zero-order valence-corrected chi connectivity index (χ0v) is 18.0. The molecule has 0 spiro atoms. The highest BCUT2D eigenvalue weighted by Gasteiger charge is 2.20. The molecular formula is C23H18F2N2O3S. The van der Waals surface area contributed by atoms with E-state index < -0.39 is 37.9 Å².